The number of fused-ring (bicyclic) bond motifs is 1. The first-order valence-electron chi connectivity index (χ1n) is 17.4. The molecule has 0 spiro atoms. The highest BCUT2D eigenvalue weighted by atomic mass is 16.6. The minimum absolute atomic E-state index is 0.0338. The first-order valence-corrected chi connectivity index (χ1v) is 17.4. The summed E-state index contributed by atoms with van der Waals surface area (Å²) in [5.41, 5.74) is 2.84. The Kier molecular flexibility index (Phi) is 13.7. The zero-order valence-corrected chi connectivity index (χ0v) is 29.7. The number of carbonyl (C=O) groups is 3. The Morgan fingerprint density at radius 2 is 1.58 bits per heavy atom. The second-order valence-corrected chi connectivity index (χ2v) is 13.8. The van der Waals surface area contributed by atoms with E-state index in [1.165, 1.54) is 0 Å². The van der Waals surface area contributed by atoms with Crippen molar-refractivity contribution in [3.05, 3.63) is 108 Å². The van der Waals surface area contributed by atoms with E-state index in [0.717, 1.165) is 22.2 Å². The average molecular weight is 682 g/mol. The van der Waals surface area contributed by atoms with Gasteiger partial charge in [-0.1, -0.05) is 105 Å². The zero-order valence-electron chi connectivity index (χ0n) is 29.7. The van der Waals surface area contributed by atoms with Gasteiger partial charge in [0.2, 0.25) is 11.8 Å². The molecule has 10 heteroatoms. The summed E-state index contributed by atoms with van der Waals surface area (Å²) >= 11 is 0. The predicted octanol–water partition coefficient (Wildman–Crippen LogP) is 6.32. The predicted molar refractivity (Wildman–Crippen MR) is 197 cm³/mol. The number of aromatic amines is 1. The summed E-state index contributed by atoms with van der Waals surface area (Å²) in [4.78, 5) is 48.3. The lowest BCUT2D eigenvalue weighted by Gasteiger charge is -2.30. The van der Waals surface area contributed by atoms with Gasteiger partial charge in [-0.3, -0.25) is 9.59 Å². The maximum absolute atomic E-state index is 14.1. The highest BCUT2D eigenvalue weighted by Crippen LogP contribution is 2.21. The molecule has 0 aliphatic carbocycles. The molecule has 4 rings (SSSR count). The van der Waals surface area contributed by atoms with Gasteiger partial charge in [-0.25, -0.2) is 9.78 Å². The minimum atomic E-state index is -1.10. The van der Waals surface area contributed by atoms with Gasteiger partial charge in [0.1, 0.15) is 17.5 Å². The number of benzene rings is 3. The normalized spacial score (nSPS) is 14.8. The summed E-state index contributed by atoms with van der Waals surface area (Å²) in [6, 6.07) is 25.3. The van der Waals surface area contributed by atoms with Crippen LogP contribution in [0.5, 0.6) is 0 Å². The molecule has 5 atom stereocenters. The van der Waals surface area contributed by atoms with Crippen LogP contribution in [0.3, 0.4) is 0 Å². The van der Waals surface area contributed by atoms with E-state index in [0.29, 0.717) is 25.1 Å². The van der Waals surface area contributed by atoms with Gasteiger partial charge in [-0.2, -0.15) is 0 Å². The molecule has 266 valence electrons. The topological polar surface area (TPSA) is 145 Å². The quantitative estimate of drug-likeness (QED) is 0.0937. The van der Waals surface area contributed by atoms with Crippen molar-refractivity contribution < 1.29 is 24.2 Å². The van der Waals surface area contributed by atoms with E-state index in [9.17, 15) is 19.5 Å². The van der Waals surface area contributed by atoms with Gasteiger partial charge in [0.15, 0.2) is 0 Å². The monoisotopic (exact) mass is 681 g/mol. The van der Waals surface area contributed by atoms with Crippen molar-refractivity contribution in [1.29, 1.82) is 0 Å². The molecule has 50 heavy (non-hydrogen) atoms. The Bertz CT molecular complexity index is 1670. The van der Waals surface area contributed by atoms with Crippen LogP contribution in [0.2, 0.25) is 0 Å². The molecule has 0 radical (unpaired) electrons. The molecule has 0 aliphatic rings. The first kappa shape index (κ1) is 37.9. The molecule has 0 saturated heterocycles. The number of carbonyl (C=O) groups excluding carboxylic acids is 3. The van der Waals surface area contributed by atoms with Crippen LogP contribution in [-0.4, -0.2) is 56.8 Å². The van der Waals surface area contributed by atoms with Crippen molar-refractivity contribution in [2.75, 3.05) is 0 Å². The molecule has 10 nitrogen and oxygen atoms in total. The smallest absolute Gasteiger partial charge is 0.407 e. The summed E-state index contributed by atoms with van der Waals surface area (Å²) in [6.45, 7) is 9.39. The Morgan fingerprint density at radius 1 is 0.920 bits per heavy atom. The number of nitrogens with zero attached hydrogens (tertiary/aromatic N) is 1. The number of para-hydroxylation sites is 2. The summed E-state index contributed by atoms with van der Waals surface area (Å²) in [6.07, 6.45) is 3.40. The van der Waals surface area contributed by atoms with Gasteiger partial charge in [-0.15, -0.1) is 0 Å². The average Bonchev–Trinajstić information content (AvgIpc) is 3.51. The number of imidazole rings is 1. The van der Waals surface area contributed by atoms with Gasteiger partial charge < -0.3 is 30.8 Å². The fourth-order valence-electron chi connectivity index (χ4n) is 5.65. The highest BCUT2D eigenvalue weighted by Gasteiger charge is 2.32. The van der Waals surface area contributed by atoms with Crippen molar-refractivity contribution in [3.63, 3.8) is 0 Å². The second-order valence-electron chi connectivity index (χ2n) is 13.8. The molecule has 1 heterocycles. The lowest BCUT2D eigenvalue weighted by Crippen LogP contribution is -2.52. The number of alkyl carbamates (subject to hydrolysis) is 1. The number of H-pyrrole nitrogens is 1. The number of aliphatic hydroxyl groups is 1. The van der Waals surface area contributed by atoms with E-state index in [1.807, 2.05) is 111 Å². The van der Waals surface area contributed by atoms with E-state index in [1.54, 1.807) is 20.8 Å². The molecule has 3 amide bonds. The van der Waals surface area contributed by atoms with Gasteiger partial charge in [0.25, 0.3) is 0 Å². The number of aliphatic hydroxyl groups excluding tert-OH is 1. The van der Waals surface area contributed by atoms with E-state index in [-0.39, 0.29) is 30.7 Å². The van der Waals surface area contributed by atoms with E-state index < -0.39 is 35.8 Å². The third-order valence-electron chi connectivity index (χ3n) is 8.55. The third-order valence-corrected chi connectivity index (χ3v) is 8.55. The fourth-order valence-corrected chi connectivity index (χ4v) is 5.65. The maximum Gasteiger partial charge on any atom is 0.407 e. The molecule has 0 aliphatic heterocycles. The molecule has 0 fully saturated rings. The van der Waals surface area contributed by atoms with Crippen LogP contribution < -0.4 is 16.0 Å². The molecule has 4 aromatic rings. The Morgan fingerprint density at radius 3 is 2.24 bits per heavy atom. The van der Waals surface area contributed by atoms with Crippen LogP contribution in [0, 0.1) is 11.8 Å². The van der Waals surface area contributed by atoms with Crippen LogP contribution in [0.25, 0.3) is 17.1 Å². The van der Waals surface area contributed by atoms with Gasteiger partial charge in [0.05, 0.1) is 29.7 Å². The number of aromatic nitrogens is 2. The third kappa shape index (κ3) is 11.9. The number of hydrogen-bond acceptors (Lipinski definition) is 6. The van der Waals surface area contributed by atoms with Crippen molar-refractivity contribution in [2.45, 2.75) is 90.6 Å². The Balaban J connectivity index is 1.53. The Labute approximate surface area is 295 Å². The number of nitrogens with one attached hydrogen (secondary N) is 4. The maximum atomic E-state index is 14.1. The number of allylic oxidation sites excluding steroid dienone is 1. The van der Waals surface area contributed by atoms with Crippen LogP contribution in [0.15, 0.2) is 91.0 Å². The molecular weight excluding hydrogens is 630 g/mol. The first-order chi connectivity index (χ1) is 23.9. The molecule has 0 saturated carbocycles. The second kappa shape index (κ2) is 18.2. The SMILES string of the molecule is CCC(C)C(NC(=O)[C@H](C/C=C/c1ccccc1)C[C@H](O)[C@H](Cc1ccccc1)NC(=O)OC(C)(C)C)C(=O)NCc1nc2ccccc2[nH]1. The lowest BCUT2D eigenvalue weighted by molar-refractivity contribution is -0.133. The summed E-state index contributed by atoms with van der Waals surface area (Å²) in [5, 5.41) is 20.4. The molecule has 3 aromatic carbocycles. The number of rotatable bonds is 16. The summed E-state index contributed by atoms with van der Waals surface area (Å²) in [7, 11) is 0. The Hall–Kier alpha value is -4.96. The number of amides is 3. The molecule has 0 bridgehead atoms. The summed E-state index contributed by atoms with van der Waals surface area (Å²) < 4.78 is 5.51. The standard InChI is InChI=1S/C40H51N5O5/c1-6-27(2)36(38(48)41-26-35-42-31-22-13-14-23-32(31)43-35)45-37(47)30(21-15-20-28-16-9-7-10-17-28)25-34(46)33(24-29-18-11-8-12-19-29)44-39(49)50-40(3,4)5/h7-20,22-23,27,30,33-34,36,46H,6,21,24-26H2,1-5H3,(H,41,48)(H,42,43)(H,44,49)(H,45,47)/b20-15+/t27?,30-,33+,34+,36?/m1/s1. The largest absolute Gasteiger partial charge is 0.444 e. The summed E-state index contributed by atoms with van der Waals surface area (Å²) in [5.74, 6) is -0.941. The molecule has 1 aromatic heterocycles. The number of hydrogen-bond donors (Lipinski definition) is 5. The van der Waals surface area contributed by atoms with Crippen molar-refractivity contribution in [2.24, 2.45) is 11.8 Å². The minimum Gasteiger partial charge on any atom is -0.444 e. The van der Waals surface area contributed by atoms with Crippen LogP contribution in [0.4, 0.5) is 4.79 Å². The van der Waals surface area contributed by atoms with E-state index in [2.05, 4.69) is 25.9 Å². The van der Waals surface area contributed by atoms with E-state index >= 15 is 0 Å². The lowest BCUT2D eigenvalue weighted by atomic mass is 9.89. The fraction of sp³-hybridized carbons (Fsp3) is 0.400. The molecule has 2 unspecified atom stereocenters. The highest BCUT2D eigenvalue weighted by molar-refractivity contribution is 5.89. The van der Waals surface area contributed by atoms with Crippen molar-refractivity contribution >= 4 is 35.0 Å². The zero-order chi connectivity index (χ0) is 36.1. The van der Waals surface area contributed by atoms with Crippen molar-refractivity contribution in [1.82, 2.24) is 25.9 Å². The van der Waals surface area contributed by atoms with Crippen LogP contribution >= 0.6 is 0 Å². The van der Waals surface area contributed by atoms with E-state index in [4.69, 9.17) is 4.74 Å². The van der Waals surface area contributed by atoms with Gasteiger partial charge in [-0.05, 0) is 69.2 Å². The van der Waals surface area contributed by atoms with Gasteiger partial charge in [0, 0.05) is 5.92 Å². The molecular formula is C40H51N5O5. The van der Waals surface area contributed by atoms with Gasteiger partial charge >= 0.3 is 6.09 Å². The van der Waals surface area contributed by atoms with Crippen LogP contribution in [0.1, 0.15) is 70.8 Å². The number of ether oxygens (including phenoxy) is 1. The molecule has 5 N–H and O–H groups in total. The van der Waals surface area contributed by atoms with Crippen LogP contribution in [-0.2, 0) is 27.3 Å². The van der Waals surface area contributed by atoms with Crippen molar-refractivity contribution in [3.8, 4) is 0 Å².